The van der Waals surface area contributed by atoms with Crippen LogP contribution >= 0.6 is 0 Å². The lowest BCUT2D eigenvalue weighted by Gasteiger charge is -1.93. The molecular formula is C5H8N4O2. The highest BCUT2D eigenvalue weighted by Gasteiger charge is 1.99. The molecule has 0 saturated heterocycles. The number of nitrogens with zero attached hydrogens (tertiary/aromatic N) is 3. The summed E-state index contributed by atoms with van der Waals surface area (Å²) >= 11 is 0. The maximum absolute atomic E-state index is 10.1. The van der Waals surface area contributed by atoms with Crippen molar-refractivity contribution in [1.82, 2.24) is 14.8 Å². The number of hydrogen-bond acceptors (Lipinski definition) is 4. The van der Waals surface area contributed by atoms with E-state index in [1.54, 1.807) is 0 Å². The molecule has 0 amide bonds. The van der Waals surface area contributed by atoms with Crippen molar-refractivity contribution in [2.24, 2.45) is 0 Å². The highest BCUT2D eigenvalue weighted by Crippen LogP contribution is 1.91. The second-order valence-electron chi connectivity index (χ2n) is 2.01. The van der Waals surface area contributed by atoms with Gasteiger partial charge in [0, 0.05) is 0 Å². The van der Waals surface area contributed by atoms with Gasteiger partial charge in [-0.2, -0.15) is 0 Å². The molecule has 0 bridgehead atoms. The van der Waals surface area contributed by atoms with Crippen molar-refractivity contribution in [1.29, 1.82) is 0 Å². The summed E-state index contributed by atoms with van der Waals surface area (Å²) in [5.74, 6) is -0.700. The quantitative estimate of drug-likeness (QED) is 0.605. The summed E-state index contributed by atoms with van der Waals surface area (Å²) in [6.07, 6.45) is 1.43. The van der Waals surface area contributed by atoms with E-state index in [4.69, 9.17) is 10.8 Å². The summed E-state index contributed by atoms with van der Waals surface area (Å²) in [5, 5.41) is 12.0. The molecule has 6 heteroatoms. The van der Waals surface area contributed by atoms with Gasteiger partial charge in [-0.3, -0.25) is 9.48 Å². The molecule has 0 fully saturated rings. The first-order valence-electron chi connectivity index (χ1n) is 3.05. The smallest absolute Gasteiger partial charge is 0.305 e. The van der Waals surface area contributed by atoms with Gasteiger partial charge >= 0.3 is 5.97 Å². The summed E-state index contributed by atoms with van der Waals surface area (Å²) in [6, 6.07) is 0. The van der Waals surface area contributed by atoms with Crippen molar-refractivity contribution in [3.63, 3.8) is 0 Å². The number of anilines is 1. The van der Waals surface area contributed by atoms with Crippen molar-refractivity contribution in [2.45, 2.75) is 13.0 Å². The molecular weight excluding hydrogens is 148 g/mol. The number of carbonyl (C=O) groups is 1. The highest BCUT2D eigenvalue weighted by atomic mass is 16.4. The zero-order valence-electron chi connectivity index (χ0n) is 5.77. The van der Waals surface area contributed by atoms with Gasteiger partial charge in [0.2, 0.25) is 5.95 Å². The first-order chi connectivity index (χ1) is 5.18. The molecule has 1 aromatic heterocycles. The van der Waals surface area contributed by atoms with E-state index in [-0.39, 0.29) is 12.4 Å². The molecule has 0 spiro atoms. The van der Waals surface area contributed by atoms with Crippen LogP contribution in [0.1, 0.15) is 6.42 Å². The molecule has 11 heavy (non-hydrogen) atoms. The minimum absolute atomic E-state index is 0.0306. The number of nitrogens with two attached hydrogens (primary N) is 1. The van der Waals surface area contributed by atoms with E-state index in [1.165, 1.54) is 11.0 Å². The van der Waals surface area contributed by atoms with Crippen LogP contribution in [-0.2, 0) is 11.3 Å². The molecule has 0 radical (unpaired) electrons. The Labute approximate surface area is 62.6 Å². The Bertz CT molecular complexity index is 257. The zero-order chi connectivity index (χ0) is 8.27. The van der Waals surface area contributed by atoms with E-state index in [9.17, 15) is 4.79 Å². The number of aryl methyl sites for hydroxylation is 1. The van der Waals surface area contributed by atoms with E-state index in [1.807, 2.05) is 0 Å². The maximum Gasteiger partial charge on any atom is 0.305 e. The molecule has 0 aromatic carbocycles. The van der Waals surface area contributed by atoms with Crippen molar-refractivity contribution < 1.29 is 9.90 Å². The van der Waals surface area contributed by atoms with Gasteiger partial charge in [0.05, 0.1) is 13.0 Å². The SMILES string of the molecule is Nc1ncn(CCC(=O)O)n1. The molecule has 1 aromatic rings. The molecule has 0 atom stereocenters. The van der Waals surface area contributed by atoms with Gasteiger partial charge in [-0.15, -0.1) is 5.10 Å². The van der Waals surface area contributed by atoms with Gasteiger partial charge in [0.25, 0.3) is 0 Å². The Morgan fingerprint density at radius 2 is 2.55 bits per heavy atom. The van der Waals surface area contributed by atoms with E-state index < -0.39 is 5.97 Å². The topological polar surface area (TPSA) is 94.0 Å². The number of nitrogen functional groups attached to an aromatic ring is 1. The van der Waals surface area contributed by atoms with Crippen LogP contribution in [0.2, 0.25) is 0 Å². The van der Waals surface area contributed by atoms with Crippen LogP contribution in [0.4, 0.5) is 5.95 Å². The zero-order valence-corrected chi connectivity index (χ0v) is 5.77. The van der Waals surface area contributed by atoms with E-state index in [0.717, 1.165) is 0 Å². The second-order valence-corrected chi connectivity index (χ2v) is 2.01. The van der Waals surface area contributed by atoms with Crippen LogP contribution in [-0.4, -0.2) is 25.8 Å². The van der Waals surface area contributed by atoms with Gasteiger partial charge in [-0.05, 0) is 0 Å². The fourth-order valence-corrected chi connectivity index (χ4v) is 0.627. The number of carboxylic acid groups (broad SMARTS) is 1. The van der Waals surface area contributed by atoms with Crippen LogP contribution in [0.15, 0.2) is 6.33 Å². The fourth-order valence-electron chi connectivity index (χ4n) is 0.627. The Morgan fingerprint density at radius 3 is 3.00 bits per heavy atom. The number of carboxylic acids is 1. The molecule has 0 aliphatic heterocycles. The van der Waals surface area contributed by atoms with Crippen molar-refractivity contribution >= 4 is 11.9 Å². The van der Waals surface area contributed by atoms with Crippen molar-refractivity contribution in [3.8, 4) is 0 Å². The Balaban J connectivity index is 2.45. The predicted molar refractivity (Wildman–Crippen MR) is 36.7 cm³/mol. The molecule has 1 heterocycles. The lowest BCUT2D eigenvalue weighted by atomic mass is 10.4. The van der Waals surface area contributed by atoms with Crippen LogP contribution in [0.5, 0.6) is 0 Å². The van der Waals surface area contributed by atoms with E-state index in [0.29, 0.717) is 6.54 Å². The first-order valence-corrected chi connectivity index (χ1v) is 3.05. The molecule has 1 rings (SSSR count). The normalized spacial score (nSPS) is 9.82. The van der Waals surface area contributed by atoms with Gasteiger partial charge in [-0.25, -0.2) is 4.98 Å². The molecule has 0 aliphatic carbocycles. The Morgan fingerprint density at radius 1 is 1.82 bits per heavy atom. The third kappa shape index (κ3) is 2.24. The second kappa shape index (κ2) is 3.00. The number of aromatic nitrogens is 3. The summed E-state index contributed by atoms with van der Waals surface area (Å²) in [7, 11) is 0. The Hall–Kier alpha value is -1.59. The van der Waals surface area contributed by atoms with Crippen LogP contribution < -0.4 is 5.73 Å². The summed E-state index contributed by atoms with van der Waals surface area (Å²) in [6.45, 7) is 0.305. The van der Waals surface area contributed by atoms with Gasteiger partial charge < -0.3 is 10.8 Å². The van der Waals surface area contributed by atoms with Crippen LogP contribution in [0, 0.1) is 0 Å². The average Bonchev–Trinajstić information content (AvgIpc) is 2.31. The molecule has 0 saturated carbocycles. The number of aliphatic carboxylic acids is 1. The predicted octanol–water partition coefficient (Wildman–Crippen LogP) is -0.665. The highest BCUT2D eigenvalue weighted by molar-refractivity contribution is 5.66. The monoisotopic (exact) mass is 156 g/mol. The van der Waals surface area contributed by atoms with E-state index in [2.05, 4.69) is 10.1 Å². The number of rotatable bonds is 3. The Kier molecular flexibility index (Phi) is 2.05. The molecule has 0 aliphatic rings. The van der Waals surface area contributed by atoms with Gasteiger partial charge in [0.1, 0.15) is 6.33 Å². The minimum atomic E-state index is -0.862. The van der Waals surface area contributed by atoms with Crippen molar-refractivity contribution in [2.75, 3.05) is 5.73 Å². The van der Waals surface area contributed by atoms with Crippen LogP contribution in [0.25, 0.3) is 0 Å². The van der Waals surface area contributed by atoms with Crippen molar-refractivity contribution in [3.05, 3.63) is 6.33 Å². The molecule has 0 unspecified atom stereocenters. The third-order valence-electron chi connectivity index (χ3n) is 1.11. The van der Waals surface area contributed by atoms with Gasteiger partial charge in [-0.1, -0.05) is 0 Å². The summed E-state index contributed by atoms with van der Waals surface area (Å²) in [4.78, 5) is 13.7. The molecule has 60 valence electrons. The lowest BCUT2D eigenvalue weighted by molar-refractivity contribution is -0.137. The molecule has 6 nitrogen and oxygen atoms in total. The standard InChI is InChI=1S/C5H8N4O2/c6-5-7-3-9(8-5)2-1-4(10)11/h3H,1-2H2,(H2,6,8)(H,10,11). The summed E-state index contributed by atoms with van der Waals surface area (Å²) < 4.78 is 1.39. The third-order valence-corrected chi connectivity index (χ3v) is 1.11. The van der Waals surface area contributed by atoms with Crippen LogP contribution in [0.3, 0.4) is 0 Å². The van der Waals surface area contributed by atoms with Gasteiger partial charge in [0.15, 0.2) is 0 Å². The fraction of sp³-hybridized carbons (Fsp3) is 0.400. The summed E-state index contributed by atoms with van der Waals surface area (Å²) in [5.41, 5.74) is 5.19. The maximum atomic E-state index is 10.1. The molecule has 3 N–H and O–H groups in total. The average molecular weight is 156 g/mol. The number of hydrogen-bond donors (Lipinski definition) is 2. The largest absolute Gasteiger partial charge is 0.481 e. The first kappa shape index (κ1) is 7.52. The minimum Gasteiger partial charge on any atom is -0.481 e. The lowest BCUT2D eigenvalue weighted by Crippen LogP contribution is -2.05. The van der Waals surface area contributed by atoms with E-state index >= 15 is 0 Å².